The van der Waals surface area contributed by atoms with Crippen LogP contribution in [0.1, 0.15) is 0 Å². The lowest BCUT2D eigenvalue weighted by Crippen LogP contribution is -1.96. The van der Waals surface area contributed by atoms with Crippen LogP contribution in [0.5, 0.6) is 0 Å². The van der Waals surface area contributed by atoms with E-state index in [4.69, 9.17) is 9.40 Å². The molecule has 0 bridgehead atoms. The predicted octanol–water partition coefficient (Wildman–Crippen LogP) is 15.6. The Bertz CT molecular complexity index is 4190. The Morgan fingerprint density at radius 3 is 1.67 bits per heavy atom. The average Bonchev–Trinajstić information content (AvgIpc) is 4.10. The van der Waals surface area contributed by atoms with Crippen LogP contribution in [-0.2, 0) is 0 Å². The Labute approximate surface area is 366 Å². The van der Waals surface area contributed by atoms with Crippen LogP contribution in [0.4, 0.5) is 0 Å². The number of pyridine rings is 1. The van der Waals surface area contributed by atoms with Gasteiger partial charge in [0.2, 0.25) is 0 Å². The first-order valence-electron chi connectivity index (χ1n) is 21.8. The molecule has 5 heteroatoms. The number of hydrogen-bond acceptors (Lipinski definition) is 2. The molecule has 0 fully saturated rings. The van der Waals surface area contributed by atoms with E-state index in [-0.39, 0.29) is 0 Å². The zero-order valence-corrected chi connectivity index (χ0v) is 34.5. The highest BCUT2D eigenvalue weighted by Crippen LogP contribution is 2.46. The van der Waals surface area contributed by atoms with Crippen LogP contribution in [0.15, 0.2) is 223 Å². The molecule has 0 amide bonds. The fourth-order valence-corrected chi connectivity index (χ4v) is 10.5. The van der Waals surface area contributed by atoms with Crippen molar-refractivity contribution in [2.45, 2.75) is 0 Å². The van der Waals surface area contributed by atoms with Gasteiger partial charge in [0.25, 0.3) is 0 Å². The monoisotopic (exact) mass is 816 g/mol. The summed E-state index contributed by atoms with van der Waals surface area (Å²) in [4.78, 5) is 5.39. The molecule has 0 aliphatic heterocycles. The van der Waals surface area contributed by atoms with Crippen LogP contribution in [0.25, 0.3) is 127 Å². The number of aromatic nitrogens is 4. The van der Waals surface area contributed by atoms with Gasteiger partial charge in [-0.15, -0.1) is 0 Å². The van der Waals surface area contributed by atoms with Gasteiger partial charge in [-0.2, -0.15) is 0 Å². The van der Waals surface area contributed by atoms with Crippen molar-refractivity contribution in [2.75, 3.05) is 0 Å². The molecule has 0 spiro atoms. The van der Waals surface area contributed by atoms with E-state index in [1.54, 1.807) is 0 Å². The second kappa shape index (κ2) is 13.4. The lowest BCUT2D eigenvalue weighted by atomic mass is 9.91. The van der Waals surface area contributed by atoms with Crippen molar-refractivity contribution in [1.82, 2.24) is 18.7 Å². The largest absolute Gasteiger partial charge is 0.456 e. The summed E-state index contributed by atoms with van der Waals surface area (Å²) >= 11 is 0. The highest BCUT2D eigenvalue weighted by Gasteiger charge is 2.23. The van der Waals surface area contributed by atoms with E-state index in [1.807, 2.05) is 12.1 Å². The minimum absolute atomic E-state index is 0.883. The van der Waals surface area contributed by atoms with Crippen molar-refractivity contribution >= 4 is 87.5 Å². The number of nitrogens with zero attached hydrogens (tertiary/aromatic N) is 4. The number of furan rings is 1. The van der Waals surface area contributed by atoms with Crippen LogP contribution in [0, 0.1) is 0 Å². The van der Waals surface area contributed by atoms with E-state index in [0.29, 0.717) is 0 Å². The van der Waals surface area contributed by atoms with Gasteiger partial charge in [0.1, 0.15) is 11.2 Å². The zero-order valence-electron chi connectivity index (χ0n) is 34.5. The molecule has 9 aromatic carbocycles. The van der Waals surface area contributed by atoms with E-state index in [2.05, 4.69) is 220 Å². The fourth-order valence-electron chi connectivity index (χ4n) is 10.5. The molecule has 64 heavy (non-hydrogen) atoms. The molecule has 14 aromatic rings. The first kappa shape index (κ1) is 35.0. The van der Waals surface area contributed by atoms with Gasteiger partial charge in [-0.1, -0.05) is 127 Å². The molecule has 0 atom stereocenters. The molecule has 14 rings (SSSR count). The summed E-state index contributed by atoms with van der Waals surface area (Å²) < 4.78 is 13.5. The van der Waals surface area contributed by atoms with E-state index >= 15 is 0 Å². The van der Waals surface area contributed by atoms with Crippen molar-refractivity contribution < 1.29 is 4.42 Å². The van der Waals surface area contributed by atoms with Crippen molar-refractivity contribution in [3.8, 4) is 39.3 Å². The molecule has 0 N–H and O–H groups in total. The highest BCUT2D eigenvalue weighted by molar-refractivity contribution is 6.20. The minimum Gasteiger partial charge on any atom is -0.456 e. The summed E-state index contributed by atoms with van der Waals surface area (Å²) in [6.07, 6.45) is 2.09. The molecule has 0 radical (unpaired) electrons. The summed E-state index contributed by atoms with van der Waals surface area (Å²) in [6, 6.07) is 76.3. The molecule has 0 unspecified atom stereocenters. The Morgan fingerprint density at radius 1 is 0.328 bits per heavy atom. The van der Waals surface area contributed by atoms with Gasteiger partial charge in [0, 0.05) is 72.1 Å². The van der Waals surface area contributed by atoms with Gasteiger partial charge in [-0.25, -0.2) is 0 Å². The predicted molar refractivity (Wildman–Crippen MR) is 265 cm³/mol. The summed E-state index contributed by atoms with van der Waals surface area (Å²) in [5, 5.41) is 8.14. The van der Waals surface area contributed by atoms with Gasteiger partial charge in [0.05, 0.1) is 38.6 Å². The lowest BCUT2D eigenvalue weighted by Gasteiger charge is -2.15. The SMILES string of the molecule is c1ccc(-c2ccc3c(c2-c2cnc4c5ccccc5n(-c5ccc6c(c5)c5ccccc5n6-c5ccccc5)c4c2)c2ccccc2n3-c2ccc3oc4ccccc4c3c2)cc1. The number of para-hydroxylation sites is 5. The Morgan fingerprint density at radius 2 is 0.875 bits per heavy atom. The highest BCUT2D eigenvalue weighted by atomic mass is 16.3. The molecule has 5 aromatic heterocycles. The van der Waals surface area contributed by atoms with Gasteiger partial charge in [0.15, 0.2) is 0 Å². The van der Waals surface area contributed by atoms with Crippen molar-refractivity contribution in [3.05, 3.63) is 219 Å². The fraction of sp³-hybridized carbons (Fsp3) is 0. The number of rotatable bonds is 5. The summed E-state index contributed by atoms with van der Waals surface area (Å²) in [5.41, 5.74) is 17.4. The first-order valence-corrected chi connectivity index (χ1v) is 21.8. The number of hydrogen-bond donors (Lipinski definition) is 0. The second-order valence-electron chi connectivity index (χ2n) is 16.7. The van der Waals surface area contributed by atoms with Gasteiger partial charge in [-0.05, 0) is 96.1 Å². The number of fused-ring (bicyclic) bond motifs is 12. The normalized spacial score (nSPS) is 12.1. The Kier molecular flexibility index (Phi) is 7.33. The maximum absolute atomic E-state index is 6.28. The molecule has 0 aliphatic rings. The molecule has 298 valence electrons. The Hall–Kier alpha value is -8.67. The third-order valence-corrected chi connectivity index (χ3v) is 13.3. The lowest BCUT2D eigenvalue weighted by molar-refractivity contribution is 0.669. The first-order chi connectivity index (χ1) is 31.8. The van der Waals surface area contributed by atoms with Crippen LogP contribution in [0.3, 0.4) is 0 Å². The molecule has 0 saturated heterocycles. The molecule has 0 saturated carbocycles. The topological polar surface area (TPSA) is 40.8 Å². The zero-order chi connectivity index (χ0) is 41.9. The van der Waals surface area contributed by atoms with E-state index in [9.17, 15) is 0 Å². The molecular weight excluding hydrogens is 781 g/mol. The molecular formula is C59H36N4O. The van der Waals surface area contributed by atoms with E-state index in [0.717, 1.165) is 94.2 Å². The molecule has 5 heterocycles. The average molecular weight is 817 g/mol. The molecule has 0 aliphatic carbocycles. The maximum Gasteiger partial charge on any atom is 0.135 e. The van der Waals surface area contributed by atoms with Crippen LogP contribution in [0.2, 0.25) is 0 Å². The molecule has 5 nitrogen and oxygen atoms in total. The van der Waals surface area contributed by atoms with Gasteiger partial charge in [-0.3, -0.25) is 4.98 Å². The van der Waals surface area contributed by atoms with Crippen molar-refractivity contribution in [2.24, 2.45) is 0 Å². The van der Waals surface area contributed by atoms with Crippen molar-refractivity contribution in [3.63, 3.8) is 0 Å². The standard InChI is InChI=1S/C59H36N4O/c1-3-15-37(16-4-1)42-29-31-53-58(45-21-8-12-24-50(45)62(53)41-28-32-56-48(35-41)44-20-10-14-26-55(44)64-56)57(42)38-33-54-59(60-36-38)46-22-9-13-25-51(46)63(54)40-27-30-52-47(34-40)43-19-7-11-23-49(43)61(52)39-17-5-2-6-18-39/h1-36H. The maximum atomic E-state index is 6.28. The van der Waals surface area contributed by atoms with Gasteiger partial charge >= 0.3 is 0 Å². The summed E-state index contributed by atoms with van der Waals surface area (Å²) in [7, 11) is 0. The quantitative estimate of drug-likeness (QED) is 0.174. The third-order valence-electron chi connectivity index (χ3n) is 13.3. The third kappa shape index (κ3) is 4.98. The second-order valence-corrected chi connectivity index (χ2v) is 16.7. The van der Waals surface area contributed by atoms with E-state index in [1.165, 1.54) is 32.6 Å². The summed E-state index contributed by atoms with van der Waals surface area (Å²) in [5.74, 6) is 0. The minimum atomic E-state index is 0.883. The van der Waals surface area contributed by atoms with Crippen molar-refractivity contribution in [1.29, 1.82) is 0 Å². The van der Waals surface area contributed by atoms with E-state index < -0.39 is 0 Å². The Balaban J connectivity index is 1.05. The number of benzene rings is 9. The van der Waals surface area contributed by atoms with Crippen LogP contribution >= 0.6 is 0 Å². The van der Waals surface area contributed by atoms with Crippen LogP contribution < -0.4 is 0 Å². The van der Waals surface area contributed by atoms with Crippen LogP contribution in [-0.4, -0.2) is 18.7 Å². The summed E-state index contributed by atoms with van der Waals surface area (Å²) in [6.45, 7) is 0. The smallest absolute Gasteiger partial charge is 0.135 e. The van der Waals surface area contributed by atoms with Gasteiger partial charge < -0.3 is 18.1 Å².